The fraction of sp³-hybridized carbons (Fsp3) is 0.188. The second kappa shape index (κ2) is 7.19. The van der Waals surface area contributed by atoms with Crippen LogP contribution in [0.5, 0.6) is 0 Å². The zero-order valence-electron chi connectivity index (χ0n) is 13.0. The molecule has 1 amide bonds. The summed E-state index contributed by atoms with van der Waals surface area (Å²) >= 11 is 0. The number of aryl methyl sites for hydroxylation is 1. The Bertz CT molecular complexity index is 834. The summed E-state index contributed by atoms with van der Waals surface area (Å²) in [4.78, 5) is 24.6. The highest BCUT2D eigenvalue weighted by Crippen LogP contribution is 2.22. The molecule has 0 saturated heterocycles. The lowest BCUT2D eigenvalue weighted by Crippen LogP contribution is -2.31. The van der Waals surface area contributed by atoms with Crippen LogP contribution >= 0.6 is 0 Å². The lowest BCUT2D eigenvalue weighted by molar-refractivity contribution is -0.385. The highest BCUT2D eigenvalue weighted by atomic mass is 16.6. The molecular formula is C16H15N5O3. The van der Waals surface area contributed by atoms with Crippen molar-refractivity contribution in [2.75, 3.05) is 6.54 Å². The van der Waals surface area contributed by atoms with Crippen molar-refractivity contribution < 1.29 is 9.72 Å². The fourth-order valence-corrected chi connectivity index (χ4v) is 2.28. The van der Waals surface area contributed by atoms with Crippen molar-refractivity contribution in [1.29, 1.82) is 5.26 Å². The molecule has 0 fully saturated rings. The lowest BCUT2D eigenvalue weighted by atomic mass is 10.1. The average Bonchev–Trinajstić information content (AvgIpc) is 2.95. The molecule has 1 aromatic heterocycles. The first-order valence-corrected chi connectivity index (χ1v) is 7.06. The van der Waals surface area contributed by atoms with Crippen molar-refractivity contribution >= 4 is 11.6 Å². The van der Waals surface area contributed by atoms with Crippen LogP contribution in [0.4, 0.5) is 5.69 Å². The molecule has 0 bridgehead atoms. The minimum atomic E-state index is -0.630. The van der Waals surface area contributed by atoms with Gasteiger partial charge >= 0.3 is 5.69 Å². The van der Waals surface area contributed by atoms with E-state index in [1.165, 1.54) is 17.9 Å². The van der Waals surface area contributed by atoms with E-state index in [9.17, 15) is 14.9 Å². The zero-order chi connectivity index (χ0) is 17.7. The summed E-state index contributed by atoms with van der Waals surface area (Å²) in [6, 6.07) is 8.83. The van der Waals surface area contributed by atoms with Gasteiger partial charge in [-0.05, 0) is 24.6 Å². The van der Waals surface area contributed by atoms with Crippen LogP contribution in [-0.4, -0.2) is 32.5 Å². The van der Waals surface area contributed by atoms with Gasteiger partial charge in [0.05, 0.1) is 16.6 Å². The topological polar surface area (TPSA) is 116 Å². The van der Waals surface area contributed by atoms with Gasteiger partial charge in [0.1, 0.15) is 5.69 Å². The molecule has 8 nitrogen and oxygen atoms in total. The first-order valence-electron chi connectivity index (χ1n) is 7.06. The Kier molecular flexibility index (Phi) is 5.06. The molecule has 2 aromatic rings. The van der Waals surface area contributed by atoms with Crippen LogP contribution in [0.25, 0.3) is 0 Å². The quantitative estimate of drug-likeness (QED) is 0.497. The SMILES string of the molecule is C=CCN(Cc1cccc(C#N)c1)C(=O)c1n[nH]c(C)c1[N+](=O)[O-]. The van der Waals surface area contributed by atoms with Crippen molar-refractivity contribution in [3.63, 3.8) is 0 Å². The van der Waals surface area contributed by atoms with Gasteiger partial charge in [0, 0.05) is 13.1 Å². The van der Waals surface area contributed by atoms with E-state index in [0.717, 1.165) is 5.56 Å². The number of amides is 1. The molecule has 0 saturated carbocycles. The smallest absolute Gasteiger partial charge is 0.322 e. The van der Waals surface area contributed by atoms with Gasteiger partial charge in [-0.3, -0.25) is 20.0 Å². The number of rotatable bonds is 6. The third-order valence-corrected chi connectivity index (χ3v) is 3.37. The Morgan fingerprint density at radius 3 is 2.96 bits per heavy atom. The van der Waals surface area contributed by atoms with E-state index in [-0.39, 0.29) is 30.2 Å². The van der Waals surface area contributed by atoms with Crippen LogP contribution in [0.3, 0.4) is 0 Å². The normalized spacial score (nSPS) is 10.0. The maximum absolute atomic E-state index is 12.7. The number of nitro groups is 1. The standard InChI is InChI=1S/C16H15N5O3/c1-3-7-20(10-13-6-4-5-12(8-13)9-17)16(22)14-15(21(23)24)11(2)18-19-14/h3-6,8H,1,7,10H2,2H3,(H,18,19). The van der Waals surface area contributed by atoms with Crippen molar-refractivity contribution in [2.24, 2.45) is 0 Å². The van der Waals surface area contributed by atoms with Crippen molar-refractivity contribution in [2.45, 2.75) is 13.5 Å². The number of hydrogen-bond acceptors (Lipinski definition) is 5. The molecule has 0 aliphatic heterocycles. The average molecular weight is 325 g/mol. The molecule has 0 spiro atoms. The largest absolute Gasteiger partial charge is 0.329 e. The maximum atomic E-state index is 12.7. The molecule has 2 rings (SSSR count). The first kappa shape index (κ1) is 16.9. The van der Waals surface area contributed by atoms with E-state index in [1.807, 2.05) is 6.07 Å². The number of nitrogens with one attached hydrogen (secondary N) is 1. The zero-order valence-corrected chi connectivity index (χ0v) is 13.0. The van der Waals surface area contributed by atoms with Crippen molar-refractivity contribution in [1.82, 2.24) is 15.1 Å². The summed E-state index contributed by atoms with van der Waals surface area (Å²) in [6.45, 7) is 5.47. The molecule has 1 heterocycles. The first-order chi connectivity index (χ1) is 11.5. The number of nitrogens with zero attached hydrogens (tertiary/aromatic N) is 4. The highest BCUT2D eigenvalue weighted by Gasteiger charge is 2.30. The Balaban J connectivity index is 2.33. The minimum Gasteiger partial charge on any atom is -0.329 e. The summed E-state index contributed by atoms with van der Waals surface area (Å²) in [6.07, 6.45) is 1.53. The van der Waals surface area contributed by atoms with Crippen LogP contribution < -0.4 is 0 Å². The van der Waals surface area contributed by atoms with Crippen molar-refractivity contribution in [3.8, 4) is 6.07 Å². The van der Waals surface area contributed by atoms with Gasteiger partial charge in [-0.25, -0.2) is 0 Å². The van der Waals surface area contributed by atoms with E-state index in [0.29, 0.717) is 5.56 Å². The number of aromatic nitrogens is 2. The van der Waals surface area contributed by atoms with Gasteiger partial charge in [-0.1, -0.05) is 18.2 Å². The number of nitriles is 1. The Labute approximate surface area is 138 Å². The monoisotopic (exact) mass is 325 g/mol. The Morgan fingerprint density at radius 2 is 2.33 bits per heavy atom. The third-order valence-electron chi connectivity index (χ3n) is 3.37. The van der Waals surface area contributed by atoms with Crippen LogP contribution in [0.2, 0.25) is 0 Å². The van der Waals surface area contributed by atoms with Crippen LogP contribution in [0, 0.1) is 28.4 Å². The summed E-state index contributed by atoms with van der Waals surface area (Å²) in [5.41, 5.74) is 0.850. The summed E-state index contributed by atoms with van der Waals surface area (Å²) in [5, 5.41) is 26.3. The Hall–Kier alpha value is -3.47. The summed E-state index contributed by atoms with van der Waals surface area (Å²) < 4.78 is 0. The molecule has 24 heavy (non-hydrogen) atoms. The molecular weight excluding hydrogens is 310 g/mol. The number of benzene rings is 1. The van der Waals surface area contributed by atoms with Gasteiger partial charge in [0.25, 0.3) is 5.91 Å². The van der Waals surface area contributed by atoms with Gasteiger partial charge in [0.15, 0.2) is 0 Å². The van der Waals surface area contributed by atoms with E-state index in [4.69, 9.17) is 5.26 Å². The highest BCUT2D eigenvalue weighted by molar-refractivity contribution is 5.96. The number of carbonyl (C=O) groups is 1. The molecule has 0 aliphatic carbocycles. The Morgan fingerprint density at radius 1 is 1.58 bits per heavy atom. The summed E-state index contributed by atoms with van der Waals surface area (Å²) in [5.74, 6) is -0.576. The number of H-pyrrole nitrogens is 1. The van der Waals surface area contributed by atoms with E-state index in [1.54, 1.807) is 24.3 Å². The van der Waals surface area contributed by atoms with Gasteiger partial charge < -0.3 is 4.90 Å². The fourth-order valence-electron chi connectivity index (χ4n) is 2.28. The van der Waals surface area contributed by atoms with Crippen LogP contribution in [-0.2, 0) is 6.54 Å². The number of aromatic amines is 1. The third kappa shape index (κ3) is 3.47. The minimum absolute atomic E-state index is 0.184. The van der Waals surface area contributed by atoms with Gasteiger partial charge in [-0.15, -0.1) is 6.58 Å². The predicted molar refractivity (Wildman–Crippen MR) is 86.1 cm³/mol. The predicted octanol–water partition coefficient (Wildman–Crippen LogP) is 2.33. The number of hydrogen-bond donors (Lipinski definition) is 1. The molecule has 1 aromatic carbocycles. The maximum Gasteiger partial charge on any atom is 0.322 e. The summed E-state index contributed by atoms with van der Waals surface area (Å²) in [7, 11) is 0. The lowest BCUT2D eigenvalue weighted by Gasteiger charge is -2.20. The molecule has 0 radical (unpaired) electrons. The number of carbonyl (C=O) groups excluding carboxylic acids is 1. The van der Waals surface area contributed by atoms with Crippen LogP contribution in [0.15, 0.2) is 36.9 Å². The van der Waals surface area contributed by atoms with E-state index in [2.05, 4.69) is 16.8 Å². The van der Waals surface area contributed by atoms with Gasteiger partial charge in [0.2, 0.25) is 5.69 Å². The molecule has 1 N–H and O–H groups in total. The van der Waals surface area contributed by atoms with Crippen LogP contribution in [0.1, 0.15) is 27.3 Å². The second-order valence-corrected chi connectivity index (χ2v) is 5.09. The second-order valence-electron chi connectivity index (χ2n) is 5.09. The molecule has 8 heteroatoms. The van der Waals surface area contributed by atoms with Gasteiger partial charge in [-0.2, -0.15) is 10.4 Å². The molecule has 0 aliphatic rings. The molecule has 0 unspecified atom stereocenters. The van der Waals surface area contributed by atoms with Crippen molar-refractivity contribution in [3.05, 3.63) is 69.5 Å². The molecule has 122 valence electrons. The molecule has 0 atom stereocenters. The van der Waals surface area contributed by atoms with E-state index < -0.39 is 10.8 Å². The van der Waals surface area contributed by atoms with E-state index >= 15 is 0 Å².